The minimum Gasteiger partial charge on any atom is -0.496 e. The average molecular weight is 481 g/mol. The van der Waals surface area contributed by atoms with Gasteiger partial charge in [0.1, 0.15) is 23.7 Å². The molecule has 4 rings (SSSR count). The van der Waals surface area contributed by atoms with Gasteiger partial charge in [-0.05, 0) is 36.4 Å². The molecule has 0 fully saturated rings. The molecule has 0 bridgehead atoms. The molecule has 2 aromatic heterocycles. The van der Waals surface area contributed by atoms with Crippen molar-refractivity contribution in [1.82, 2.24) is 14.1 Å². The van der Waals surface area contributed by atoms with Gasteiger partial charge in [0.2, 0.25) is 5.91 Å². The van der Waals surface area contributed by atoms with E-state index in [1.165, 1.54) is 25.0 Å². The molecule has 174 valence electrons. The molecule has 0 saturated heterocycles. The molecule has 2 aromatic carbocycles. The van der Waals surface area contributed by atoms with Gasteiger partial charge in [-0.15, -0.1) is 0 Å². The van der Waals surface area contributed by atoms with Crippen LogP contribution in [0.1, 0.15) is 5.56 Å². The Hall–Kier alpha value is -4.11. The highest BCUT2D eigenvalue weighted by molar-refractivity contribution is 6.31. The number of rotatable bonds is 7. The Labute approximate surface area is 199 Å². The van der Waals surface area contributed by atoms with Crippen molar-refractivity contribution in [1.29, 1.82) is 0 Å². The van der Waals surface area contributed by atoms with E-state index in [0.717, 1.165) is 4.57 Å². The third kappa shape index (κ3) is 4.51. The molecule has 0 radical (unpaired) electrons. The number of pyridine rings is 1. The molecule has 0 unspecified atom stereocenters. The molecule has 1 N–H and O–H groups in total. The maximum absolute atomic E-state index is 13.4. The number of ether oxygens (including phenoxy) is 2. The maximum atomic E-state index is 13.4. The smallest absolute Gasteiger partial charge is 0.333 e. The van der Waals surface area contributed by atoms with Gasteiger partial charge in [0.15, 0.2) is 0 Å². The van der Waals surface area contributed by atoms with Gasteiger partial charge in [0.25, 0.3) is 5.56 Å². The van der Waals surface area contributed by atoms with Crippen molar-refractivity contribution in [2.75, 3.05) is 19.5 Å². The van der Waals surface area contributed by atoms with Crippen LogP contribution in [0.2, 0.25) is 5.02 Å². The highest BCUT2D eigenvalue weighted by atomic mass is 35.5. The van der Waals surface area contributed by atoms with E-state index in [1.54, 1.807) is 54.6 Å². The number of carbonyl (C=O) groups excluding carboxylic acids is 1. The Kier molecular flexibility index (Phi) is 6.65. The van der Waals surface area contributed by atoms with E-state index in [4.69, 9.17) is 21.1 Å². The first-order chi connectivity index (χ1) is 16.4. The lowest BCUT2D eigenvalue weighted by atomic mass is 10.2. The largest absolute Gasteiger partial charge is 0.496 e. The van der Waals surface area contributed by atoms with Crippen molar-refractivity contribution < 1.29 is 14.3 Å². The lowest BCUT2D eigenvalue weighted by Crippen LogP contribution is -2.42. The lowest BCUT2D eigenvalue weighted by Gasteiger charge is -2.15. The van der Waals surface area contributed by atoms with Crippen LogP contribution in [0.5, 0.6) is 11.5 Å². The topological polar surface area (TPSA) is 104 Å². The molecule has 0 aliphatic rings. The van der Waals surface area contributed by atoms with E-state index in [1.807, 2.05) is 0 Å². The van der Waals surface area contributed by atoms with E-state index in [-0.39, 0.29) is 24.1 Å². The van der Waals surface area contributed by atoms with Crippen molar-refractivity contribution in [2.24, 2.45) is 0 Å². The second kappa shape index (κ2) is 9.80. The fourth-order valence-corrected chi connectivity index (χ4v) is 3.82. The molecule has 10 heteroatoms. The summed E-state index contributed by atoms with van der Waals surface area (Å²) in [4.78, 5) is 43.6. The minimum atomic E-state index is -0.671. The van der Waals surface area contributed by atoms with Crippen LogP contribution in [0.15, 0.2) is 70.4 Å². The monoisotopic (exact) mass is 480 g/mol. The zero-order valence-corrected chi connectivity index (χ0v) is 19.2. The zero-order chi connectivity index (χ0) is 24.2. The molecule has 0 atom stereocenters. The maximum Gasteiger partial charge on any atom is 0.333 e. The normalized spacial score (nSPS) is 10.8. The van der Waals surface area contributed by atoms with Crippen LogP contribution >= 0.6 is 11.6 Å². The quantitative estimate of drug-likeness (QED) is 0.436. The number of carbonyl (C=O) groups is 1. The number of aromatic nitrogens is 3. The Morgan fingerprint density at radius 2 is 1.76 bits per heavy atom. The number of para-hydroxylation sites is 1. The van der Waals surface area contributed by atoms with Crippen LogP contribution in [0, 0.1) is 0 Å². The molecule has 34 heavy (non-hydrogen) atoms. The van der Waals surface area contributed by atoms with Gasteiger partial charge in [0, 0.05) is 16.8 Å². The highest BCUT2D eigenvalue weighted by Crippen LogP contribution is 2.27. The van der Waals surface area contributed by atoms with Gasteiger partial charge < -0.3 is 14.8 Å². The van der Waals surface area contributed by atoms with E-state index in [2.05, 4.69) is 10.3 Å². The predicted molar refractivity (Wildman–Crippen MR) is 129 cm³/mol. The fourth-order valence-electron chi connectivity index (χ4n) is 3.64. The lowest BCUT2D eigenvalue weighted by molar-refractivity contribution is -0.116. The van der Waals surface area contributed by atoms with Crippen molar-refractivity contribution >= 4 is 34.2 Å². The molecule has 1 amide bonds. The molecule has 0 spiro atoms. The number of hydrogen-bond acceptors (Lipinski definition) is 6. The number of methoxy groups -OCH3 is 2. The van der Waals surface area contributed by atoms with Gasteiger partial charge in [0.05, 0.1) is 31.8 Å². The third-order valence-electron chi connectivity index (χ3n) is 5.24. The Bertz CT molecular complexity index is 1500. The summed E-state index contributed by atoms with van der Waals surface area (Å²) in [6, 6.07) is 15.0. The van der Waals surface area contributed by atoms with Gasteiger partial charge in [-0.2, -0.15) is 0 Å². The van der Waals surface area contributed by atoms with Gasteiger partial charge >= 0.3 is 5.69 Å². The molecular formula is C24H21ClN4O5. The molecule has 4 aromatic rings. The second-order valence-electron chi connectivity index (χ2n) is 7.34. The number of nitrogens with zero attached hydrogens (tertiary/aromatic N) is 3. The summed E-state index contributed by atoms with van der Waals surface area (Å²) in [7, 11) is 2.98. The average Bonchev–Trinajstić information content (AvgIpc) is 2.85. The van der Waals surface area contributed by atoms with Crippen molar-refractivity contribution in [2.45, 2.75) is 13.1 Å². The van der Waals surface area contributed by atoms with Gasteiger partial charge in [-0.25, -0.2) is 9.78 Å². The van der Waals surface area contributed by atoms with E-state index in [9.17, 15) is 14.4 Å². The van der Waals surface area contributed by atoms with Crippen LogP contribution in [0.3, 0.4) is 0 Å². The standard InChI is InChI=1S/C24H21ClN4O5/c1-33-19-8-4-3-6-15(19)13-29-23(31)17-7-5-11-26-22(17)28(24(29)32)14-21(30)27-18-12-16(25)9-10-20(18)34-2/h3-12H,13-14H2,1-2H3,(H,27,30). The van der Waals surface area contributed by atoms with Crippen LogP contribution < -0.4 is 26.0 Å². The zero-order valence-electron chi connectivity index (χ0n) is 18.4. The van der Waals surface area contributed by atoms with Crippen LogP contribution in [0.4, 0.5) is 5.69 Å². The van der Waals surface area contributed by atoms with E-state index in [0.29, 0.717) is 27.8 Å². The molecule has 9 nitrogen and oxygen atoms in total. The Balaban J connectivity index is 1.77. The number of fused-ring (bicyclic) bond motifs is 1. The molecule has 0 saturated carbocycles. The summed E-state index contributed by atoms with van der Waals surface area (Å²) in [6.07, 6.45) is 1.46. The van der Waals surface area contributed by atoms with Crippen molar-refractivity contribution in [3.8, 4) is 11.5 Å². The predicted octanol–water partition coefficient (Wildman–Crippen LogP) is 2.92. The van der Waals surface area contributed by atoms with Crippen molar-refractivity contribution in [3.05, 3.63) is 92.2 Å². The first-order valence-electron chi connectivity index (χ1n) is 10.3. The van der Waals surface area contributed by atoms with E-state index < -0.39 is 17.2 Å². The summed E-state index contributed by atoms with van der Waals surface area (Å²) in [6.45, 7) is -0.412. The number of halogens is 1. The Morgan fingerprint density at radius 1 is 1.00 bits per heavy atom. The first-order valence-corrected chi connectivity index (χ1v) is 10.6. The van der Waals surface area contributed by atoms with Gasteiger partial charge in [-0.3, -0.25) is 18.7 Å². The van der Waals surface area contributed by atoms with Gasteiger partial charge in [-0.1, -0.05) is 29.8 Å². The minimum absolute atomic E-state index is 0.0315. The number of benzene rings is 2. The number of anilines is 1. The summed E-state index contributed by atoms with van der Waals surface area (Å²) in [5.41, 5.74) is -0.0655. The fraction of sp³-hybridized carbons (Fsp3) is 0.167. The summed E-state index contributed by atoms with van der Waals surface area (Å²) < 4.78 is 12.8. The molecule has 0 aliphatic carbocycles. The van der Waals surface area contributed by atoms with Crippen LogP contribution in [-0.2, 0) is 17.9 Å². The summed E-state index contributed by atoms with van der Waals surface area (Å²) >= 11 is 6.04. The molecule has 0 aliphatic heterocycles. The number of hydrogen-bond donors (Lipinski definition) is 1. The second-order valence-corrected chi connectivity index (χ2v) is 7.78. The van der Waals surface area contributed by atoms with Crippen molar-refractivity contribution in [3.63, 3.8) is 0 Å². The number of nitrogens with one attached hydrogen (secondary N) is 1. The molecular weight excluding hydrogens is 460 g/mol. The SMILES string of the molecule is COc1ccccc1Cn1c(=O)c2cccnc2n(CC(=O)Nc2cc(Cl)ccc2OC)c1=O. The number of amides is 1. The third-order valence-corrected chi connectivity index (χ3v) is 5.47. The van der Waals surface area contributed by atoms with Crippen LogP contribution in [-0.4, -0.2) is 34.2 Å². The van der Waals surface area contributed by atoms with E-state index >= 15 is 0 Å². The molecule has 2 heterocycles. The van der Waals surface area contributed by atoms with Crippen LogP contribution in [0.25, 0.3) is 11.0 Å². The Morgan fingerprint density at radius 3 is 2.53 bits per heavy atom. The summed E-state index contributed by atoms with van der Waals surface area (Å²) in [5.74, 6) is 0.434. The first kappa shape index (κ1) is 23.1. The summed E-state index contributed by atoms with van der Waals surface area (Å²) in [5, 5.41) is 3.32. The highest BCUT2D eigenvalue weighted by Gasteiger charge is 2.18.